The Balaban J connectivity index is 1.84. The quantitative estimate of drug-likeness (QED) is 0.783. The van der Waals surface area contributed by atoms with E-state index in [1.54, 1.807) is 11.6 Å². The second-order valence-corrected chi connectivity index (χ2v) is 6.90. The smallest absolute Gasteiger partial charge is 0.239 e. The summed E-state index contributed by atoms with van der Waals surface area (Å²) in [6, 6.07) is 18.8. The number of nitrogens with zero attached hydrogens (tertiary/aromatic N) is 2. The Bertz CT molecular complexity index is 888. The van der Waals surface area contributed by atoms with Crippen molar-refractivity contribution in [3.8, 4) is 5.69 Å². The van der Waals surface area contributed by atoms with Crippen LogP contribution in [0.3, 0.4) is 0 Å². The minimum Gasteiger partial charge on any atom is -0.239 e. The number of benzene rings is 2. The molecule has 0 fully saturated rings. The summed E-state index contributed by atoms with van der Waals surface area (Å²) in [5, 5.41) is 4.30. The molecule has 1 N–H and O–H groups in total. The Labute approximate surface area is 135 Å². The molecule has 0 spiro atoms. The van der Waals surface area contributed by atoms with Crippen LogP contribution in [0.1, 0.15) is 11.3 Å². The first-order valence-electron chi connectivity index (χ1n) is 7.21. The number of hydrogen-bond donors (Lipinski definition) is 1. The Morgan fingerprint density at radius 2 is 1.61 bits per heavy atom. The van der Waals surface area contributed by atoms with Crippen LogP contribution in [0.4, 0.5) is 0 Å². The highest BCUT2D eigenvalue weighted by molar-refractivity contribution is 7.89. The van der Waals surface area contributed by atoms with Crippen molar-refractivity contribution in [3.05, 3.63) is 78.1 Å². The van der Waals surface area contributed by atoms with Gasteiger partial charge in [-0.25, -0.2) is 17.8 Å². The molecule has 0 atom stereocenters. The van der Waals surface area contributed by atoms with E-state index in [4.69, 9.17) is 0 Å². The molecule has 0 aliphatic carbocycles. The zero-order valence-electron chi connectivity index (χ0n) is 12.7. The van der Waals surface area contributed by atoms with E-state index in [1.165, 1.54) is 6.20 Å². The van der Waals surface area contributed by atoms with E-state index >= 15 is 0 Å². The summed E-state index contributed by atoms with van der Waals surface area (Å²) < 4.78 is 29.2. The zero-order chi connectivity index (χ0) is 16.3. The SMILES string of the molecule is Cc1nn(-c2ccccc2)cc1S(=O)(=O)NCc1ccccc1. The summed E-state index contributed by atoms with van der Waals surface area (Å²) in [5.41, 5.74) is 2.19. The van der Waals surface area contributed by atoms with Gasteiger partial charge < -0.3 is 0 Å². The van der Waals surface area contributed by atoms with Gasteiger partial charge in [0.1, 0.15) is 4.90 Å². The van der Waals surface area contributed by atoms with Gasteiger partial charge in [0.25, 0.3) is 0 Å². The van der Waals surface area contributed by atoms with Crippen LogP contribution in [0.25, 0.3) is 5.69 Å². The maximum Gasteiger partial charge on any atom is 0.244 e. The molecule has 3 rings (SSSR count). The molecule has 1 heterocycles. The van der Waals surface area contributed by atoms with E-state index < -0.39 is 10.0 Å². The van der Waals surface area contributed by atoms with Crippen LogP contribution in [-0.4, -0.2) is 18.2 Å². The van der Waals surface area contributed by atoms with Crippen molar-refractivity contribution in [2.45, 2.75) is 18.4 Å². The van der Waals surface area contributed by atoms with Crippen LogP contribution >= 0.6 is 0 Å². The number of nitrogens with one attached hydrogen (secondary N) is 1. The van der Waals surface area contributed by atoms with Crippen molar-refractivity contribution in [3.63, 3.8) is 0 Å². The van der Waals surface area contributed by atoms with Gasteiger partial charge >= 0.3 is 0 Å². The number of para-hydroxylation sites is 1. The van der Waals surface area contributed by atoms with Gasteiger partial charge in [-0.15, -0.1) is 0 Å². The van der Waals surface area contributed by atoms with E-state index in [0.29, 0.717) is 5.69 Å². The van der Waals surface area contributed by atoms with Crippen molar-refractivity contribution in [2.24, 2.45) is 0 Å². The maximum absolute atomic E-state index is 12.5. The van der Waals surface area contributed by atoms with Crippen molar-refractivity contribution >= 4 is 10.0 Å². The van der Waals surface area contributed by atoms with Gasteiger partial charge in [0.15, 0.2) is 0 Å². The third-order valence-corrected chi connectivity index (χ3v) is 4.98. The van der Waals surface area contributed by atoms with Crippen molar-refractivity contribution in [1.82, 2.24) is 14.5 Å². The minimum atomic E-state index is -3.61. The molecule has 1 aromatic heterocycles. The predicted octanol–water partition coefficient (Wildman–Crippen LogP) is 2.66. The second-order valence-electron chi connectivity index (χ2n) is 5.17. The molecular weight excluding hydrogens is 310 g/mol. The predicted molar refractivity (Wildman–Crippen MR) is 88.8 cm³/mol. The summed E-state index contributed by atoms with van der Waals surface area (Å²) in [6.45, 7) is 1.94. The van der Waals surface area contributed by atoms with Gasteiger partial charge in [0, 0.05) is 6.54 Å². The standard InChI is InChI=1S/C17H17N3O2S/c1-14-17(13-20(19-14)16-10-6-3-7-11-16)23(21,22)18-12-15-8-4-2-5-9-15/h2-11,13,18H,12H2,1H3. The molecule has 0 saturated carbocycles. The van der Waals surface area contributed by atoms with Crippen molar-refractivity contribution < 1.29 is 8.42 Å². The molecule has 0 radical (unpaired) electrons. The molecule has 0 bridgehead atoms. The fourth-order valence-corrected chi connectivity index (χ4v) is 3.45. The molecule has 0 aliphatic rings. The third kappa shape index (κ3) is 3.49. The molecule has 2 aromatic carbocycles. The number of hydrogen-bond acceptors (Lipinski definition) is 3. The van der Waals surface area contributed by atoms with Crippen molar-refractivity contribution in [1.29, 1.82) is 0 Å². The highest BCUT2D eigenvalue weighted by atomic mass is 32.2. The summed E-state index contributed by atoms with van der Waals surface area (Å²) in [4.78, 5) is 0.192. The largest absolute Gasteiger partial charge is 0.244 e. The van der Waals surface area contributed by atoms with Gasteiger partial charge in [0.05, 0.1) is 17.6 Å². The lowest BCUT2D eigenvalue weighted by atomic mass is 10.2. The molecular formula is C17H17N3O2S. The van der Waals surface area contributed by atoms with Crippen LogP contribution < -0.4 is 4.72 Å². The Morgan fingerprint density at radius 1 is 1.00 bits per heavy atom. The Morgan fingerprint density at radius 3 is 2.26 bits per heavy atom. The number of rotatable bonds is 5. The van der Waals surface area contributed by atoms with Crippen LogP contribution in [0, 0.1) is 6.92 Å². The van der Waals surface area contributed by atoms with Gasteiger partial charge in [-0.2, -0.15) is 5.10 Å². The Hall–Kier alpha value is -2.44. The van der Waals surface area contributed by atoms with Crippen LogP contribution in [0.2, 0.25) is 0 Å². The van der Waals surface area contributed by atoms with E-state index in [-0.39, 0.29) is 11.4 Å². The zero-order valence-corrected chi connectivity index (χ0v) is 13.5. The summed E-state index contributed by atoms with van der Waals surface area (Å²) in [6.07, 6.45) is 1.54. The van der Waals surface area contributed by atoms with Crippen LogP contribution in [0.5, 0.6) is 0 Å². The van der Waals surface area contributed by atoms with E-state index in [9.17, 15) is 8.42 Å². The average Bonchev–Trinajstić information content (AvgIpc) is 2.98. The molecule has 0 unspecified atom stereocenters. The van der Waals surface area contributed by atoms with Crippen LogP contribution in [-0.2, 0) is 16.6 Å². The monoisotopic (exact) mass is 327 g/mol. The molecule has 23 heavy (non-hydrogen) atoms. The molecule has 0 saturated heterocycles. The first kappa shape index (κ1) is 15.5. The van der Waals surface area contributed by atoms with Gasteiger partial charge in [-0.05, 0) is 24.6 Å². The summed E-state index contributed by atoms with van der Waals surface area (Å²) in [7, 11) is -3.61. The molecule has 118 valence electrons. The summed E-state index contributed by atoms with van der Waals surface area (Å²) >= 11 is 0. The lowest BCUT2D eigenvalue weighted by Crippen LogP contribution is -2.23. The molecule has 0 aliphatic heterocycles. The minimum absolute atomic E-state index is 0.192. The maximum atomic E-state index is 12.5. The first-order valence-corrected chi connectivity index (χ1v) is 8.70. The number of aromatic nitrogens is 2. The molecule has 5 nitrogen and oxygen atoms in total. The van der Waals surface area contributed by atoms with Crippen molar-refractivity contribution in [2.75, 3.05) is 0 Å². The fraction of sp³-hybridized carbons (Fsp3) is 0.118. The average molecular weight is 327 g/mol. The normalized spacial score (nSPS) is 11.5. The second kappa shape index (κ2) is 6.36. The molecule has 3 aromatic rings. The van der Waals surface area contributed by atoms with Gasteiger partial charge in [0.2, 0.25) is 10.0 Å². The van der Waals surface area contributed by atoms with E-state index in [2.05, 4.69) is 9.82 Å². The molecule has 0 amide bonds. The van der Waals surface area contributed by atoms with E-state index in [0.717, 1.165) is 11.3 Å². The van der Waals surface area contributed by atoms with Gasteiger partial charge in [-0.3, -0.25) is 0 Å². The van der Waals surface area contributed by atoms with E-state index in [1.807, 2.05) is 60.7 Å². The lowest BCUT2D eigenvalue weighted by Gasteiger charge is -2.05. The number of aryl methyl sites for hydroxylation is 1. The lowest BCUT2D eigenvalue weighted by molar-refractivity contribution is 0.580. The highest BCUT2D eigenvalue weighted by Gasteiger charge is 2.20. The Kier molecular flexibility index (Phi) is 4.27. The molecule has 6 heteroatoms. The topological polar surface area (TPSA) is 64.0 Å². The third-order valence-electron chi connectivity index (χ3n) is 3.47. The van der Waals surface area contributed by atoms with Crippen LogP contribution in [0.15, 0.2) is 71.8 Å². The number of sulfonamides is 1. The first-order chi connectivity index (χ1) is 11.1. The fourth-order valence-electron chi connectivity index (χ4n) is 2.27. The highest BCUT2D eigenvalue weighted by Crippen LogP contribution is 2.17. The van der Waals surface area contributed by atoms with Gasteiger partial charge in [-0.1, -0.05) is 48.5 Å². The summed E-state index contributed by atoms with van der Waals surface area (Å²) in [5.74, 6) is 0.